The Bertz CT molecular complexity index is 1150. The summed E-state index contributed by atoms with van der Waals surface area (Å²) < 4.78 is 16.3. The van der Waals surface area contributed by atoms with Crippen molar-refractivity contribution in [2.24, 2.45) is 0 Å². The minimum Gasteiger partial charge on any atom is -0.507 e. The maximum absolute atomic E-state index is 12.5. The molecule has 1 aliphatic heterocycles. The largest absolute Gasteiger partial charge is 0.507 e. The summed E-state index contributed by atoms with van der Waals surface area (Å²) in [5.74, 6) is -1.15. The third-order valence-electron chi connectivity index (χ3n) is 4.75. The number of fused-ring (bicyclic) bond motifs is 1. The maximum Gasteiger partial charge on any atom is 0.228 e. The van der Waals surface area contributed by atoms with Crippen molar-refractivity contribution in [3.63, 3.8) is 0 Å². The van der Waals surface area contributed by atoms with Gasteiger partial charge in [0.05, 0.1) is 6.61 Å². The minimum atomic E-state index is -1.55. The first-order valence-electron chi connectivity index (χ1n) is 8.90. The van der Waals surface area contributed by atoms with Gasteiger partial charge < -0.3 is 44.5 Å². The van der Waals surface area contributed by atoms with E-state index in [-0.39, 0.29) is 34.8 Å². The molecule has 6 N–H and O–H groups in total. The van der Waals surface area contributed by atoms with Crippen molar-refractivity contribution < 1.29 is 44.5 Å². The lowest BCUT2D eigenvalue weighted by molar-refractivity contribution is -0.242. The minimum absolute atomic E-state index is 0.0264. The Morgan fingerprint density at radius 3 is 2.40 bits per heavy atom. The fourth-order valence-corrected chi connectivity index (χ4v) is 3.15. The van der Waals surface area contributed by atoms with Crippen LogP contribution in [-0.2, 0) is 4.74 Å². The first-order valence-corrected chi connectivity index (χ1v) is 8.90. The summed E-state index contributed by atoms with van der Waals surface area (Å²) in [7, 11) is 0. The molecule has 0 aliphatic carbocycles. The Hall–Kier alpha value is -3.31. The molecule has 0 unspecified atom stereocenters. The number of phenolic OH excluding ortho intramolecular Hbond substituents is 3. The lowest BCUT2D eigenvalue weighted by Crippen LogP contribution is -2.54. The fraction of sp³-hybridized carbons (Fsp3) is 0.250. The van der Waals surface area contributed by atoms with Crippen molar-refractivity contribution in [3.8, 4) is 34.3 Å². The van der Waals surface area contributed by atoms with Crippen LogP contribution in [0.2, 0.25) is 0 Å². The maximum atomic E-state index is 12.5. The van der Waals surface area contributed by atoms with Gasteiger partial charge in [-0.3, -0.25) is 4.79 Å². The highest BCUT2D eigenvalue weighted by Crippen LogP contribution is 2.34. The van der Waals surface area contributed by atoms with Crippen LogP contribution in [0.5, 0.6) is 23.0 Å². The van der Waals surface area contributed by atoms with E-state index in [0.717, 1.165) is 12.1 Å². The SMILES string of the molecule is O=c1cc(-c2ccc(O)c(O)c2)oc2cc(O[C@@H]3OC[C@H](O)[C@H](O)[C@@H]3O)cc(O)c12. The molecule has 3 aromatic rings. The van der Waals surface area contributed by atoms with Crippen LogP contribution in [0.3, 0.4) is 0 Å². The molecule has 158 valence electrons. The molecule has 0 spiro atoms. The van der Waals surface area contributed by atoms with Gasteiger partial charge in [0.2, 0.25) is 6.29 Å². The molecule has 10 nitrogen and oxygen atoms in total. The van der Waals surface area contributed by atoms with E-state index in [0.29, 0.717) is 5.56 Å². The van der Waals surface area contributed by atoms with E-state index in [1.54, 1.807) is 0 Å². The van der Waals surface area contributed by atoms with Crippen LogP contribution in [0.15, 0.2) is 45.6 Å². The molecule has 1 fully saturated rings. The van der Waals surface area contributed by atoms with E-state index in [1.165, 1.54) is 24.3 Å². The van der Waals surface area contributed by atoms with Crippen LogP contribution < -0.4 is 10.2 Å². The van der Waals surface area contributed by atoms with E-state index in [9.17, 15) is 35.4 Å². The third kappa shape index (κ3) is 3.53. The molecule has 0 bridgehead atoms. The predicted molar refractivity (Wildman–Crippen MR) is 101 cm³/mol. The van der Waals surface area contributed by atoms with E-state index < -0.39 is 41.5 Å². The second kappa shape index (κ2) is 7.50. The van der Waals surface area contributed by atoms with Crippen LogP contribution in [0.4, 0.5) is 0 Å². The molecule has 4 rings (SSSR count). The fourth-order valence-electron chi connectivity index (χ4n) is 3.15. The van der Waals surface area contributed by atoms with Gasteiger partial charge in [-0.25, -0.2) is 0 Å². The van der Waals surface area contributed by atoms with Crippen LogP contribution in [-0.4, -0.2) is 61.8 Å². The van der Waals surface area contributed by atoms with Crippen LogP contribution >= 0.6 is 0 Å². The smallest absolute Gasteiger partial charge is 0.228 e. The van der Waals surface area contributed by atoms with E-state index in [4.69, 9.17) is 13.9 Å². The second-order valence-electron chi connectivity index (χ2n) is 6.86. The molecule has 10 heteroatoms. The third-order valence-corrected chi connectivity index (χ3v) is 4.75. The zero-order chi connectivity index (χ0) is 21.6. The number of benzene rings is 2. The lowest BCUT2D eigenvalue weighted by atomic mass is 10.1. The molecular formula is C20H18O10. The Kier molecular flexibility index (Phi) is 5.00. The molecule has 0 amide bonds. The number of rotatable bonds is 3. The standard InChI is InChI=1S/C20H18O10/c21-10-2-1-8(3-11(10)22)15-6-13(24)17-12(23)4-9(5-16(17)30-15)29-20-19(27)18(26)14(25)7-28-20/h1-6,14,18-23,25-27H,7H2/t14-,18-,19-,20-/m0/s1. The summed E-state index contributed by atoms with van der Waals surface area (Å²) in [5.41, 5.74) is -0.306. The van der Waals surface area contributed by atoms with Crippen LogP contribution in [0.1, 0.15) is 0 Å². The van der Waals surface area contributed by atoms with Gasteiger partial charge in [-0.05, 0) is 18.2 Å². The van der Waals surface area contributed by atoms with Crippen molar-refractivity contribution in [1.29, 1.82) is 0 Å². The Balaban J connectivity index is 1.73. The summed E-state index contributed by atoms with van der Waals surface area (Å²) in [6.07, 6.45) is -5.63. The molecule has 1 aliphatic rings. The van der Waals surface area contributed by atoms with E-state index in [2.05, 4.69) is 0 Å². The van der Waals surface area contributed by atoms with Crippen LogP contribution in [0.25, 0.3) is 22.3 Å². The van der Waals surface area contributed by atoms with Crippen molar-refractivity contribution in [2.45, 2.75) is 24.6 Å². The van der Waals surface area contributed by atoms with Gasteiger partial charge >= 0.3 is 0 Å². The van der Waals surface area contributed by atoms with E-state index in [1.807, 2.05) is 0 Å². The van der Waals surface area contributed by atoms with E-state index >= 15 is 0 Å². The van der Waals surface area contributed by atoms with Crippen molar-refractivity contribution in [3.05, 3.63) is 46.6 Å². The number of aliphatic hydroxyl groups excluding tert-OH is 3. The zero-order valence-electron chi connectivity index (χ0n) is 15.3. The van der Waals surface area contributed by atoms with Gasteiger partial charge in [0.25, 0.3) is 0 Å². The van der Waals surface area contributed by atoms with Gasteiger partial charge in [-0.15, -0.1) is 0 Å². The number of ether oxygens (including phenoxy) is 2. The summed E-state index contributed by atoms with van der Waals surface area (Å²) >= 11 is 0. The summed E-state index contributed by atoms with van der Waals surface area (Å²) in [4.78, 5) is 12.5. The topological polar surface area (TPSA) is 170 Å². The summed E-state index contributed by atoms with van der Waals surface area (Å²) in [5, 5.41) is 58.5. The van der Waals surface area contributed by atoms with Gasteiger partial charge in [0.15, 0.2) is 16.9 Å². The second-order valence-corrected chi connectivity index (χ2v) is 6.86. The summed E-state index contributed by atoms with van der Waals surface area (Å²) in [6, 6.07) is 7.40. The number of phenols is 3. The average Bonchev–Trinajstić information content (AvgIpc) is 2.70. The first kappa shape index (κ1) is 20.0. The van der Waals surface area contributed by atoms with Crippen LogP contribution in [0, 0.1) is 0 Å². The highest BCUT2D eigenvalue weighted by Gasteiger charge is 2.39. The number of hydrogen-bond acceptors (Lipinski definition) is 10. The molecule has 4 atom stereocenters. The number of hydrogen-bond donors (Lipinski definition) is 6. The quantitative estimate of drug-likeness (QED) is 0.327. The van der Waals surface area contributed by atoms with Crippen molar-refractivity contribution in [2.75, 3.05) is 6.61 Å². The molecule has 2 aromatic carbocycles. The number of aromatic hydroxyl groups is 3. The molecular weight excluding hydrogens is 400 g/mol. The Morgan fingerprint density at radius 1 is 0.900 bits per heavy atom. The predicted octanol–water partition coefficient (Wildman–Crippen LogP) is 0.395. The number of aliphatic hydroxyl groups is 3. The van der Waals surface area contributed by atoms with Crippen molar-refractivity contribution >= 4 is 11.0 Å². The Labute approximate surface area is 168 Å². The first-order chi connectivity index (χ1) is 14.2. The van der Waals surface area contributed by atoms with Gasteiger partial charge in [0.1, 0.15) is 46.5 Å². The van der Waals surface area contributed by atoms with Gasteiger partial charge in [0, 0.05) is 23.8 Å². The molecule has 0 saturated carbocycles. The normalized spacial score (nSPS) is 24.1. The van der Waals surface area contributed by atoms with Gasteiger partial charge in [-0.1, -0.05) is 0 Å². The highest BCUT2D eigenvalue weighted by atomic mass is 16.7. The van der Waals surface area contributed by atoms with Gasteiger partial charge in [-0.2, -0.15) is 0 Å². The highest BCUT2D eigenvalue weighted by molar-refractivity contribution is 5.86. The molecule has 2 heterocycles. The molecule has 1 saturated heterocycles. The van der Waals surface area contributed by atoms with Crippen molar-refractivity contribution in [1.82, 2.24) is 0 Å². The Morgan fingerprint density at radius 2 is 1.67 bits per heavy atom. The summed E-state index contributed by atoms with van der Waals surface area (Å²) in [6.45, 7) is -0.272. The zero-order valence-corrected chi connectivity index (χ0v) is 15.3. The monoisotopic (exact) mass is 418 g/mol. The molecule has 0 radical (unpaired) electrons. The lowest BCUT2D eigenvalue weighted by Gasteiger charge is -2.34. The molecule has 1 aromatic heterocycles. The molecule has 30 heavy (non-hydrogen) atoms. The average molecular weight is 418 g/mol.